The predicted octanol–water partition coefficient (Wildman–Crippen LogP) is 2.52. The average molecular weight is 244 g/mol. The molecule has 0 atom stereocenters. The maximum absolute atomic E-state index is 11.7. The zero-order valence-corrected chi connectivity index (χ0v) is 10.6. The van der Waals surface area contributed by atoms with Crippen LogP contribution in [-0.4, -0.2) is 12.5 Å². The topological polar surface area (TPSA) is 55.1 Å². The molecule has 1 aromatic carbocycles. The summed E-state index contributed by atoms with van der Waals surface area (Å²) >= 11 is 0. The molecule has 0 heterocycles. The van der Waals surface area contributed by atoms with E-state index in [2.05, 4.69) is 11.2 Å². The van der Waals surface area contributed by atoms with Crippen molar-refractivity contribution in [2.45, 2.75) is 32.1 Å². The molecule has 0 fully saturated rings. The largest absolute Gasteiger partial charge is 0.330 e. The van der Waals surface area contributed by atoms with Crippen molar-refractivity contribution in [3.8, 4) is 12.3 Å². The van der Waals surface area contributed by atoms with Crippen LogP contribution in [0.3, 0.4) is 0 Å². The van der Waals surface area contributed by atoms with Crippen LogP contribution in [0.5, 0.6) is 0 Å². The van der Waals surface area contributed by atoms with Crippen molar-refractivity contribution in [2.75, 3.05) is 11.9 Å². The maximum Gasteiger partial charge on any atom is 0.224 e. The number of anilines is 1. The number of hydrogen-bond acceptors (Lipinski definition) is 2. The Morgan fingerprint density at radius 2 is 2.06 bits per heavy atom. The van der Waals surface area contributed by atoms with Crippen LogP contribution in [0.4, 0.5) is 5.69 Å². The van der Waals surface area contributed by atoms with E-state index in [1.54, 1.807) is 6.07 Å². The molecular formula is C15H20N2O. The van der Waals surface area contributed by atoms with E-state index in [4.69, 9.17) is 12.2 Å². The number of nitrogens with one attached hydrogen (secondary N) is 1. The van der Waals surface area contributed by atoms with Gasteiger partial charge in [0, 0.05) is 17.7 Å². The van der Waals surface area contributed by atoms with Crippen LogP contribution < -0.4 is 11.1 Å². The molecule has 3 nitrogen and oxygen atoms in total. The van der Waals surface area contributed by atoms with Gasteiger partial charge in [0.1, 0.15) is 0 Å². The van der Waals surface area contributed by atoms with E-state index in [1.807, 2.05) is 18.2 Å². The van der Waals surface area contributed by atoms with Crippen molar-refractivity contribution in [1.29, 1.82) is 0 Å². The minimum atomic E-state index is 0.0388. The Labute approximate surface area is 109 Å². The second-order valence-electron chi connectivity index (χ2n) is 4.23. The number of rotatable bonds is 7. The molecule has 0 saturated carbocycles. The quantitative estimate of drug-likeness (QED) is 0.572. The third-order valence-corrected chi connectivity index (χ3v) is 2.67. The van der Waals surface area contributed by atoms with Gasteiger partial charge >= 0.3 is 0 Å². The van der Waals surface area contributed by atoms with Gasteiger partial charge in [-0.15, -0.1) is 6.42 Å². The molecule has 0 aromatic heterocycles. The fourth-order valence-electron chi connectivity index (χ4n) is 1.69. The van der Waals surface area contributed by atoms with Gasteiger partial charge in [0.15, 0.2) is 0 Å². The summed E-state index contributed by atoms with van der Waals surface area (Å²) in [4.78, 5) is 11.7. The molecule has 1 rings (SSSR count). The van der Waals surface area contributed by atoms with E-state index in [0.717, 1.165) is 43.5 Å². The van der Waals surface area contributed by atoms with Crippen molar-refractivity contribution in [2.24, 2.45) is 5.73 Å². The lowest BCUT2D eigenvalue weighted by Gasteiger charge is -2.05. The number of carbonyl (C=O) groups excluding carboxylic acids is 1. The molecule has 0 saturated heterocycles. The SMILES string of the molecule is C#Cc1cccc(NC(=O)CCCCCCN)c1. The Hall–Kier alpha value is -1.79. The summed E-state index contributed by atoms with van der Waals surface area (Å²) in [7, 11) is 0. The molecular weight excluding hydrogens is 224 g/mol. The molecule has 0 aliphatic carbocycles. The molecule has 0 bridgehead atoms. The first-order chi connectivity index (χ1) is 8.76. The van der Waals surface area contributed by atoms with Crippen LogP contribution in [0.1, 0.15) is 37.7 Å². The monoisotopic (exact) mass is 244 g/mol. The normalized spacial score (nSPS) is 9.78. The number of terminal acetylenes is 1. The van der Waals surface area contributed by atoms with Crippen LogP contribution in [0.2, 0.25) is 0 Å². The Bertz CT molecular complexity index is 421. The predicted molar refractivity (Wildman–Crippen MR) is 75.1 cm³/mol. The lowest BCUT2D eigenvalue weighted by Crippen LogP contribution is -2.11. The van der Waals surface area contributed by atoms with Gasteiger partial charge in [-0.1, -0.05) is 24.8 Å². The van der Waals surface area contributed by atoms with E-state index in [1.165, 1.54) is 0 Å². The minimum Gasteiger partial charge on any atom is -0.330 e. The average Bonchev–Trinajstić information content (AvgIpc) is 2.38. The Morgan fingerprint density at radius 3 is 2.78 bits per heavy atom. The smallest absolute Gasteiger partial charge is 0.224 e. The molecule has 3 heteroatoms. The third-order valence-electron chi connectivity index (χ3n) is 2.67. The van der Waals surface area contributed by atoms with Crippen molar-refractivity contribution >= 4 is 11.6 Å². The minimum absolute atomic E-state index is 0.0388. The second kappa shape index (κ2) is 8.32. The Balaban J connectivity index is 2.29. The first-order valence-corrected chi connectivity index (χ1v) is 6.33. The van der Waals surface area contributed by atoms with Crippen LogP contribution in [0, 0.1) is 12.3 Å². The van der Waals surface area contributed by atoms with Crippen molar-refractivity contribution in [1.82, 2.24) is 0 Å². The van der Waals surface area contributed by atoms with E-state index < -0.39 is 0 Å². The van der Waals surface area contributed by atoms with Gasteiger partial charge in [0.25, 0.3) is 0 Å². The van der Waals surface area contributed by atoms with E-state index in [-0.39, 0.29) is 5.91 Å². The number of carbonyl (C=O) groups is 1. The summed E-state index contributed by atoms with van der Waals surface area (Å²) in [5.41, 5.74) is 6.94. The van der Waals surface area contributed by atoms with Crippen LogP contribution >= 0.6 is 0 Å². The highest BCUT2D eigenvalue weighted by Gasteiger charge is 2.02. The molecule has 0 unspecified atom stereocenters. The molecule has 0 aliphatic heterocycles. The highest BCUT2D eigenvalue weighted by molar-refractivity contribution is 5.90. The molecule has 1 aromatic rings. The van der Waals surface area contributed by atoms with E-state index >= 15 is 0 Å². The Morgan fingerprint density at radius 1 is 1.28 bits per heavy atom. The molecule has 3 N–H and O–H groups in total. The third kappa shape index (κ3) is 5.51. The lowest BCUT2D eigenvalue weighted by atomic mass is 10.1. The van der Waals surface area contributed by atoms with Gasteiger partial charge in [-0.3, -0.25) is 4.79 Å². The zero-order valence-electron chi connectivity index (χ0n) is 10.6. The summed E-state index contributed by atoms with van der Waals surface area (Å²) in [6.45, 7) is 0.727. The summed E-state index contributed by atoms with van der Waals surface area (Å²) in [5, 5.41) is 2.85. The number of nitrogens with two attached hydrogens (primary N) is 1. The van der Waals surface area contributed by atoms with Gasteiger partial charge in [0.05, 0.1) is 0 Å². The van der Waals surface area contributed by atoms with E-state index in [9.17, 15) is 4.79 Å². The molecule has 0 spiro atoms. The highest BCUT2D eigenvalue weighted by Crippen LogP contribution is 2.11. The summed E-state index contributed by atoms with van der Waals surface area (Å²) < 4.78 is 0. The summed E-state index contributed by atoms with van der Waals surface area (Å²) in [6, 6.07) is 7.31. The van der Waals surface area contributed by atoms with Gasteiger partial charge in [-0.05, 0) is 37.6 Å². The zero-order chi connectivity index (χ0) is 13.2. The number of unbranched alkanes of at least 4 members (excludes halogenated alkanes) is 3. The van der Waals surface area contributed by atoms with Gasteiger partial charge in [-0.2, -0.15) is 0 Å². The fourth-order valence-corrected chi connectivity index (χ4v) is 1.69. The van der Waals surface area contributed by atoms with Crippen molar-refractivity contribution < 1.29 is 4.79 Å². The van der Waals surface area contributed by atoms with Crippen LogP contribution in [-0.2, 0) is 4.79 Å². The van der Waals surface area contributed by atoms with Gasteiger partial charge in [-0.25, -0.2) is 0 Å². The Kier molecular flexibility index (Phi) is 6.60. The van der Waals surface area contributed by atoms with Crippen LogP contribution in [0.25, 0.3) is 0 Å². The van der Waals surface area contributed by atoms with Gasteiger partial charge in [0.2, 0.25) is 5.91 Å². The van der Waals surface area contributed by atoms with E-state index in [0.29, 0.717) is 6.42 Å². The molecule has 1 amide bonds. The van der Waals surface area contributed by atoms with Gasteiger partial charge < -0.3 is 11.1 Å². The first kappa shape index (κ1) is 14.3. The second-order valence-corrected chi connectivity index (χ2v) is 4.23. The number of benzene rings is 1. The molecule has 0 aliphatic rings. The lowest BCUT2D eigenvalue weighted by molar-refractivity contribution is -0.116. The van der Waals surface area contributed by atoms with Crippen molar-refractivity contribution in [3.63, 3.8) is 0 Å². The summed E-state index contributed by atoms with van der Waals surface area (Å²) in [6.07, 6.45) is 9.93. The van der Waals surface area contributed by atoms with Crippen molar-refractivity contribution in [3.05, 3.63) is 29.8 Å². The highest BCUT2D eigenvalue weighted by atomic mass is 16.1. The first-order valence-electron chi connectivity index (χ1n) is 6.33. The molecule has 96 valence electrons. The maximum atomic E-state index is 11.7. The summed E-state index contributed by atoms with van der Waals surface area (Å²) in [5.74, 6) is 2.58. The molecule has 0 radical (unpaired) electrons. The number of amides is 1. The molecule has 18 heavy (non-hydrogen) atoms. The fraction of sp³-hybridized carbons (Fsp3) is 0.400. The van der Waals surface area contributed by atoms with Crippen LogP contribution in [0.15, 0.2) is 24.3 Å². The standard InChI is InChI=1S/C15H20N2O/c1-2-13-8-7-9-14(12-13)17-15(18)10-5-3-4-6-11-16/h1,7-9,12H,3-6,10-11,16H2,(H,17,18). The number of hydrogen-bond donors (Lipinski definition) is 2.